The third-order valence-corrected chi connectivity index (χ3v) is 19.4. The van der Waals surface area contributed by atoms with Gasteiger partial charge in [-0.3, -0.25) is 81.5 Å². The Kier molecular flexibility index (Phi) is 47.0. The van der Waals surface area contributed by atoms with Crippen molar-refractivity contribution in [3.05, 3.63) is 71.8 Å². The van der Waals surface area contributed by atoms with Crippen molar-refractivity contribution in [2.75, 3.05) is 25.1 Å². The topological polar surface area (TPSA) is 586 Å². The van der Waals surface area contributed by atoms with Gasteiger partial charge in [0, 0.05) is 19.3 Å². The van der Waals surface area contributed by atoms with Crippen molar-refractivity contribution in [2.24, 2.45) is 52.7 Å². The minimum atomic E-state index is -1.60. The molecule has 0 radical (unpaired) electrons. The molecule has 15 atom stereocenters. The molecule has 2 aromatic carbocycles. The number of nitrogens with one attached hydrogen (secondary N) is 15. The van der Waals surface area contributed by atoms with Crippen molar-refractivity contribution >= 4 is 118 Å². The lowest BCUT2D eigenvalue weighted by molar-refractivity contribution is -0.143. The summed E-state index contributed by atoms with van der Waals surface area (Å²) in [6, 6.07) is -1.38. The highest BCUT2D eigenvalue weighted by Gasteiger charge is 2.38. The van der Waals surface area contributed by atoms with E-state index in [9.17, 15) is 91.4 Å². The number of primary amides is 2. The number of carboxylic acid groups (broad SMARTS) is 1. The molecule has 0 bridgehead atoms. The van der Waals surface area contributed by atoms with Gasteiger partial charge < -0.3 is 102 Å². The number of amides is 17. The van der Waals surface area contributed by atoms with Crippen molar-refractivity contribution in [1.82, 2.24) is 79.8 Å². The molecule has 0 unspecified atom stereocenters. The smallest absolute Gasteiger partial charge is 0.326 e. The molecule has 664 valence electrons. The summed E-state index contributed by atoms with van der Waals surface area (Å²) in [5.41, 5.74) is 18.0. The number of hydrogen-bond donors (Lipinski definition) is 19. The molecular weight excluding hydrogens is 1560 g/mol. The lowest BCUT2D eigenvalue weighted by atomic mass is 9.95. The van der Waals surface area contributed by atoms with Crippen LogP contribution in [0.4, 0.5) is 0 Å². The van der Waals surface area contributed by atoms with Crippen LogP contribution in [0.5, 0.6) is 0 Å². The number of hydrogen-bond acceptors (Lipinski definition) is 20. The first kappa shape index (κ1) is 104. The molecule has 22 N–H and O–H groups in total. The summed E-state index contributed by atoms with van der Waals surface area (Å²) in [6.07, 6.45) is 0.890. The highest BCUT2D eigenvalue weighted by molar-refractivity contribution is 7.98. The molecule has 0 aliphatic rings. The number of carbonyl (C=O) groups excluding carboxylic acids is 17. The molecule has 2 aromatic rings. The normalized spacial score (nSPS) is 15.0. The van der Waals surface area contributed by atoms with Gasteiger partial charge in [0.2, 0.25) is 100 Å². The predicted molar refractivity (Wildman–Crippen MR) is 446 cm³/mol. The largest absolute Gasteiger partial charge is 0.480 e. The van der Waals surface area contributed by atoms with E-state index in [-0.39, 0.29) is 74.5 Å². The maximum Gasteiger partial charge on any atom is 0.326 e. The summed E-state index contributed by atoms with van der Waals surface area (Å²) in [7, 11) is 0. The van der Waals surface area contributed by atoms with E-state index in [1.165, 1.54) is 32.5 Å². The van der Waals surface area contributed by atoms with Crippen LogP contribution in [-0.2, 0) is 99.1 Å². The van der Waals surface area contributed by atoms with E-state index in [4.69, 9.17) is 17.2 Å². The second kappa shape index (κ2) is 53.6. The maximum atomic E-state index is 14.6. The van der Waals surface area contributed by atoms with Crippen LogP contribution in [0.2, 0.25) is 0 Å². The summed E-state index contributed by atoms with van der Waals surface area (Å²) < 4.78 is 0. The van der Waals surface area contributed by atoms with Gasteiger partial charge in [-0.15, -0.1) is 0 Å². The van der Waals surface area contributed by atoms with Gasteiger partial charge in [0.05, 0.1) is 25.6 Å². The number of rotatable bonds is 55. The quantitative estimate of drug-likeness (QED) is 0.0364. The van der Waals surface area contributed by atoms with Crippen LogP contribution < -0.4 is 97.0 Å². The Bertz CT molecular complexity index is 3740. The summed E-state index contributed by atoms with van der Waals surface area (Å²) in [5, 5.41) is 48.2. The second-order valence-corrected chi connectivity index (χ2v) is 33.1. The van der Waals surface area contributed by atoms with Gasteiger partial charge in [-0.05, 0) is 124 Å². The van der Waals surface area contributed by atoms with E-state index in [1.54, 1.807) is 144 Å². The molecule has 0 spiro atoms. The van der Waals surface area contributed by atoms with E-state index in [0.29, 0.717) is 29.7 Å². The number of carboxylic acids is 1. The van der Waals surface area contributed by atoms with Crippen molar-refractivity contribution < 1.29 is 91.4 Å². The van der Waals surface area contributed by atoms with E-state index in [0.717, 1.165) is 0 Å². The fourth-order valence-electron chi connectivity index (χ4n) is 12.1. The third kappa shape index (κ3) is 41.0. The SMILES string of the molecule is CC[C@H](C)[C@H](NC(=O)[C@H](Cc1ccccc1)NC(=O)CNC(=O)[C@H](CC(C)C)NC(=O)[C@H](CC(C)C)NC(=O)[C@H](CCC(N)=O)NC(=O)[C@H](CC(C)C)NC(=O)CNC(=O)[C@H](C)NC(=O)[C@H](CC(N)=O)NC(=O)[C@H](C)NC(=O)[C@@H](N)CCSC)C(=O)N[C@@H](CC(C)C)C(=O)N[C@@H](C)C(=O)N[C@@H](Cc1ccccc1)C(=O)N[C@@H](CC(C)C)C(=O)O. The van der Waals surface area contributed by atoms with Crippen LogP contribution in [0, 0.1) is 35.5 Å². The average molecular weight is 1690 g/mol. The number of aliphatic carboxylic acids is 1. The Morgan fingerprint density at radius 1 is 0.353 bits per heavy atom. The maximum absolute atomic E-state index is 14.6. The van der Waals surface area contributed by atoms with Crippen molar-refractivity contribution in [2.45, 2.75) is 265 Å². The predicted octanol–water partition coefficient (Wildman–Crippen LogP) is -1.35. The van der Waals surface area contributed by atoms with Crippen LogP contribution in [0.1, 0.15) is 179 Å². The van der Waals surface area contributed by atoms with E-state index in [2.05, 4.69) is 79.8 Å². The molecule has 0 aliphatic carbocycles. The van der Waals surface area contributed by atoms with Crippen molar-refractivity contribution in [3.8, 4) is 0 Å². The third-order valence-electron chi connectivity index (χ3n) is 18.8. The van der Waals surface area contributed by atoms with Gasteiger partial charge in [-0.1, -0.05) is 150 Å². The standard InChI is InChI=1S/C81H130N18O19S/c1-17-47(12)67(80(116)97-57(34-44(6)7)74(110)89-50(15)70(106)93-60(38-52-26-22-19-23-27-52)78(114)98-62(81(117)118)36-46(10)11)99-79(115)59(37-51-24-20-18-21-25-51)91-66(103)41-86-72(108)55(32-42(2)3)95-77(113)58(35-45(8)9)96-73(109)54(28-29-63(83)100)92-76(112)56(33-43(4)5)90-65(102)40-85-68(104)48(13)88-75(111)61(39-64(84)101)94-69(105)49(14)87-71(107)53(82)30-31-119-16/h18-27,42-50,53-62,67H,17,28-41,82H2,1-16H3,(H2,83,100)(H2,84,101)(H,85,104)(H,86,108)(H,87,107)(H,88,111)(H,89,110)(H,90,102)(H,91,103)(H,92,112)(H,93,106)(H,94,105)(H,95,113)(H,96,109)(H,97,116)(H,98,114)(H,99,115)(H,117,118)/t47-,48-,49-,50-,53-,54-,55-,56-,57-,58-,59-,60-,61-,62-,67-/m0/s1. The first-order chi connectivity index (χ1) is 55.7. The molecule has 2 rings (SSSR count). The van der Waals surface area contributed by atoms with Crippen LogP contribution in [0.15, 0.2) is 60.7 Å². The highest BCUT2D eigenvalue weighted by Crippen LogP contribution is 2.17. The van der Waals surface area contributed by atoms with Crippen LogP contribution in [-0.4, -0.2) is 221 Å². The van der Waals surface area contributed by atoms with E-state index in [1.807, 2.05) is 6.26 Å². The Hall–Kier alpha value is -10.8. The van der Waals surface area contributed by atoms with Gasteiger partial charge in [-0.2, -0.15) is 11.8 Å². The minimum absolute atomic E-state index is 0.00164. The summed E-state index contributed by atoms with van der Waals surface area (Å²) in [4.78, 5) is 244. The number of nitrogens with two attached hydrogens (primary N) is 3. The molecule has 37 nitrogen and oxygen atoms in total. The van der Waals surface area contributed by atoms with Crippen LogP contribution in [0.25, 0.3) is 0 Å². The van der Waals surface area contributed by atoms with Gasteiger partial charge in [0.15, 0.2) is 0 Å². The fourth-order valence-corrected chi connectivity index (χ4v) is 12.6. The molecule has 17 amide bonds. The Morgan fingerprint density at radius 2 is 0.681 bits per heavy atom. The van der Waals surface area contributed by atoms with Crippen LogP contribution >= 0.6 is 11.8 Å². The van der Waals surface area contributed by atoms with Gasteiger partial charge in [-0.25, -0.2) is 4.79 Å². The fraction of sp³-hybridized carbons (Fsp3) is 0.630. The van der Waals surface area contributed by atoms with E-state index < -0.39 is 229 Å². The zero-order valence-electron chi connectivity index (χ0n) is 71.4. The molecular formula is C81H130N18O19S. The van der Waals surface area contributed by atoms with Crippen molar-refractivity contribution in [3.63, 3.8) is 0 Å². The number of benzene rings is 2. The lowest BCUT2D eigenvalue weighted by Gasteiger charge is -2.29. The van der Waals surface area contributed by atoms with Crippen molar-refractivity contribution in [1.29, 1.82) is 0 Å². The average Bonchev–Trinajstić information content (AvgIpc) is 0.851. The zero-order chi connectivity index (χ0) is 90.1. The Labute approximate surface area is 701 Å². The lowest BCUT2D eigenvalue weighted by Crippen LogP contribution is -2.61. The molecule has 119 heavy (non-hydrogen) atoms. The minimum Gasteiger partial charge on any atom is -0.480 e. The highest BCUT2D eigenvalue weighted by atomic mass is 32.2. The zero-order valence-corrected chi connectivity index (χ0v) is 72.2. The van der Waals surface area contributed by atoms with Gasteiger partial charge in [0.25, 0.3) is 0 Å². The number of carbonyl (C=O) groups is 18. The summed E-state index contributed by atoms with van der Waals surface area (Å²) in [6.45, 7) is 23.5. The molecule has 38 heteroatoms. The first-order valence-corrected chi connectivity index (χ1v) is 41.7. The van der Waals surface area contributed by atoms with Gasteiger partial charge >= 0.3 is 5.97 Å². The first-order valence-electron chi connectivity index (χ1n) is 40.4. The Balaban J connectivity index is 2.34. The summed E-state index contributed by atoms with van der Waals surface area (Å²) in [5.74, 6) is -17.0. The second-order valence-electron chi connectivity index (χ2n) is 32.1. The van der Waals surface area contributed by atoms with Gasteiger partial charge in [0.1, 0.15) is 78.5 Å². The molecule has 0 saturated heterocycles. The molecule has 0 aliphatic heterocycles. The number of thioether (sulfide) groups is 1. The molecule has 0 heterocycles. The summed E-state index contributed by atoms with van der Waals surface area (Å²) >= 11 is 1.46. The molecule has 0 aromatic heterocycles. The monoisotopic (exact) mass is 1690 g/mol. The van der Waals surface area contributed by atoms with Crippen LogP contribution in [0.3, 0.4) is 0 Å². The molecule has 0 fully saturated rings. The molecule has 0 saturated carbocycles. The Morgan fingerprint density at radius 3 is 1.11 bits per heavy atom. The van der Waals surface area contributed by atoms with E-state index >= 15 is 0 Å².